The van der Waals surface area contributed by atoms with Crippen molar-refractivity contribution >= 4 is 17.3 Å². The highest BCUT2D eigenvalue weighted by atomic mass is 19.3. The molecule has 0 bridgehead atoms. The molecule has 10 heteroatoms. The summed E-state index contributed by atoms with van der Waals surface area (Å²) in [6.07, 6.45) is 0.553. The molecule has 1 aliphatic heterocycles. The van der Waals surface area contributed by atoms with Gasteiger partial charge >= 0.3 is 5.82 Å². The third kappa shape index (κ3) is 2.72. The summed E-state index contributed by atoms with van der Waals surface area (Å²) in [6.45, 7) is -0.616. The van der Waals surface area contributed by atoms with E-state index in [1.807, 2.05) is 0 Å². The molecule has 4 rings (SSSR count). The lowest BCUT2D eigenvalue weighted by atomic mass is 10.0. The van der Waals surface area contributed by atoms with Gasteiger partial charge in [-0.05, 0) is 28.7 Å². The zero-order valence-corrected chi connectivity index (χ0v) is 13.2. The molecule has 0 spiro atoms. The molecule has 2 aromatic heterocycles. The Kier molecular flexibility index (Phi) is 3.56. The second kappa shape index (κ2) is 5.68. The molecular weight excluding hydrogens is 351 g/mol. The minimum Gasteiger partial charge on any atom is -0.358 e. The quantitative estimate of drug-likeness (QED) is 0.527. The SMILES string of the molecule is O=[N+]([O-])c1cnc2ccc(N3CC(F)(F)C[C@@H]3c3cccc(F)c3)nn12. The summed E-state index contributed by atoms with van der Waals surface area (Å²) in [6, 6.07) is 7.61. The number of nitrogens with zero attached hydrogens (tertiary/aromatic N) is 5. The molecule has 1 atom stereocenters. The fraction of sp³-hybridized carbons (Fsp3) is 0.250. The predicted molar refractivity (Wildman–Crippen MR) is 85.7 cm³/mol. The first kappa shape index (κ1) is 16.3. The van der Waals surface area contributed by atoms with E-state index in [9.17, 15) is 23.3 Å². The van der Waals surface area contributed by atoms with Gasteiger partial charge in [0.1, 0.15) is 12.0 Å². The first-order valence-corrected chi connectivity index (χ1v) is 7.73. The smallest absolute Gasteiger partial charge is 0.358 e. The maximum Gasteiger partial charge on any atom is 0.368 e. The average Bonchev–Trinajstić information content (AvgIpc) is 3.14. The maximum absolute atomic E-state index is 14.1. The molecule has 3 aromatic rings. The minimum absolute atomic E-state index is 0.130. The Morgan fingerprint density at radius 2 is 2.08 bits per heavy atom. The summed E-state index contributed by atoms with van der Waals surface area (Å²) in [5, 5.41) is 15.2. The maximum atomic E-state index is 14.1. The summed E-state index contributed by atoms with van der Waals surface area (Å²) in [5.41, 5.74) is 0.623. The second-order valence-corrected chi connectivity index (χ2v) is 6.09. The van der Waals surface area contributed by atoms with Crippen LogP contribution in [0.5, 0.6) is 0 Å². The molecule has 3 heterocycles. The molecule has 0 unspecified atom stereocenters. The zero-order valence-electron chi connectivity index (χ0n) is 13.2. The van der Waals surface area contributed by atoms with Gasteiger partial charge < -0.3 is 15.0 Å². The van der Waals surface area contributed by atoms with Crippen molar-refractivity contribution in [1.29, 1.82) is 0 Å². The summed E-state index contributed by atoms with van der Waals surface area (Å²) < 4.78 is 42.7. The Morgan fingerprint density at radius 3 is 2.81 bits per heavy atom. The van der Waals surface area contributed by atoms with Crippen LogP contribution < -0.4 is 4.90 Å². The molecule has 1 fully saturated rings. The topological polar surface area (TPSA) is 76.6 Å². The molecule has 0 amide bonds. The van der Waals surface area contributed by atoms with Gasteiger partial charge in [0.15, 0.2) is 5.82 Å². The lowest BCUT2D eigenvalue weighted by Crippen LogP contribution is -2.27. The van der Waals surface area contributed by atoms with E-state index >= 15 is 0 Å². The minimum atomic E-state index is -2.99. The number of benzene rings is 1. The Bertz CT molecular complexity index is 1010. The monoisotopic (exact) mass is 363 g/mol. The van der Waals surface area contributed by atoms with E-state index < -0.39 is 35.7 Å². The fourth-order valence-corrected chi connectivity index (χ4v) is 3.20. The highest BCUT2D eigenvalue weighted by Gasteiger charge is 2.46. The van der Waals surface area contributed by atoms with Crippen molar-refractivity contribution in [3.05, 3.63) is 64.1 Å². The van der Waals surface area contributed by atoms with Crippen molar-refractivity contribution in [3.8, 4) is 0 Å². The molecule has 0 aliphatic carbocycles. The van der Waals surface area contributed by atoms with Crippen LogP contribution in [0.2, 0.25) is 0 Å². The summed E-state index contributed by atoms with van der Waals surface area (Å²) >= 11 is 0. The number of nitro groups is 1. The molecule has 0 N–H and O–H groups in total. The van der Waals surface area contributed by atoms with Gasteiger partial charge in [-0.2, -0.15) is 0 Å². The van der Waals surface area contributed by atoms with Gasteiger partial charge in [-0.3, -0.25) is 0 Å². The molecule has 26 heavy (non-hydrogen) atoms. The Balaban J connectivity index is 1.80. The predicted octanol–water partition coefficient (Wildman–Crippen LogP) is 3.36. The van der Waals surface area contributed by atoms with Crippen LogP contribution in [0.15, 0.2) is 42.6 Å². The molecule has 0 radical (unpaired) electrons. The van der Waals surface area contributed by atoms with Gasteiger partial charge in [-0.15, -0.1) is 0 Å². The molecule has 7 nitrogen and oxygen atoms in total. The number of hydrogen-bond acceptors (Lipinski definition) is 5. The van der Waals surface area contributed by atoms with E-state index in [0.29, 0.717) is 5.56 Å². The first-order chi connectivity index (χ1) is 12.3. The lowest BCUT2D eigenvalue weighted by molar-refractivity contribution is -0.391. The lowest BCUT2D eigenvalue weighted by Gasteiger charge is -2.24. The van der Waals surface area contributed by atoms with Crippen LogP contribution in [-0.4, -0.2) is 32.0 Å². The number of hydrogen-bond donors (Lipinski definition) is 0. The molecule has 1 saturated heterocycles. The van der Waals surface area contributed by atoms with Crippen molar-refractivity contribution in [2.24, 2.45) is 0 Å². The standard InChI is InChI=1S/C16H12F3N5O2/c17-11-3-1-2-10(6-11)12-7-16(18,19)9-22(12)14-5-4-13-20-8-15(24(25)26)23(13)21-14/h1-6,8,12H,7,9H2/t12-/m1/s1. The van der Waals surface area contributed by atoms with Crippen molar-refractivity contribution in [2.75, 3.05) is 11.4 Å². The highest BCUT2D eigenvalue weighted by Crippen LogP contribution is 2.43. The molecule has 1 aromatic carbocycles. The van der Waals surface area contributed by atoms with Crippen molar-refractivity contribution in [2.45, 2.75) is 18.4 Å². The van der Waals surface area contributed by atoms with E-state index in [2.05, 4.69) is 10.1 Å². The number of anilines is 1. The van der Waals surface area contributed by atoms with Crippen LogP contribution in [0.3, 0.4) is 0 Å². The molecule has 1 aliphatic rings. The van der Waals surface area contributed by atoms with E-state index in [0.717, 1.165) is 10.7 Å². The zero-order chi connectivity index (χ0) is 18.5. The molecule has 134 valence electrons. The van der Waals surface area contributed by atoms with Crippen LogP contribution in [0.1, 0.15) is 18.0 Å². The molecule has 0 saturated carbocycles. The van der Waals surface area contributed by atoms with Gasteiger partial charge in [0.05, 0.1) is 12.6 Å². The number of fused-ring (bicyclic) bond motifs is 1. The normalized spacial score (nSPS) is 19.2. The number of imidazole rings is 1. The van der Waals surface area contributed by atoms with Gasteiger partial charge in [-0.1, -0.05) is 21.7 Å². The van der Waals surface area contributed by atoms with Gasteiger partial charge in [0.2, 0.25) is 5.65 Å². The van der Waals surface area contributed by atoms with Crippen LogP contribution in [0.25, 0.3) is 5.65 Å². The van der Waals surface area contributed by atoms with E-state index in [-0.39, 0.29) is 17.3 Å². The van der Waals surface area contributed by atoms with E-state index in [1.54, 1.807) is 6.07 Å². The highest BCUT2D eigenvalue weighted by molar-refractivity contribution is 5.51. The number of alkyl halides is 2. The number of aromatic nitrogens is 3. The largest absolute Gasteiger partial charge is 0.368 e. The number of halogens is 3. The average molecular weight is 363 g/mol. The second-order valence-electron chi connectivity index (χ2n) is 6.09. The van der Waals surface area contributed by atoms with Gasteiger partial charge in [0.25, 0.3) is 5.92 Å². The number of rotatable bonds is 3. The van der Waals surface area contributed by atoms with Crippen molar-refractivity contribution in [1.82, 2.24) is 14.6 Å². The van der Waals surface area contributed by atoms with Gasteiger partial charge in [0, 0.05) is 12.5 Å². The summed E-state index contributed by atoms with van der Waals surface area (Å²) in [7, 11) is 0. The van der Waals surface area contributed by atoms with Crippen molar-refractivity contribution < 1.29 is 18.1 Å². The first-order valence-electron chi connectivity index (χ1n) is 7.73. The van der Waals surface area contributed by atoms with Crippen LogP contribution in [-0.2, 0) is 0 Å². The summed E-state index contributed by atoms with van der Waals surface area (Å²) in [4.78, 5) is 15.6. The Hall–Kier alpha value is -3.17. The van der Waals surface area contributed by atoms with Crippen LogP contribution in [0, 0.1) is 15.9 Å². The molecular formula is C16H12F3N5O2. The Labute approximate surface area is 144 Å². The third-order valence-corrected chi connectivity index (χ3v) is 4.31. The van der Waals surface area contributed by atoms with Crippen LogP contribution >= 0.6 is 0 Å². The van der Waals surface area contributed by atoms with Gasteiger partial charge in [-0.25, -0.2) is 18.2 Å². The van der Waals surface area contributed by atoms with E-state index in [4.69, 9.17) is 0 Å². The Morgan fingerprint density at radius 1 is 1.27 bits per heavy atom. The van der Waals surface area contributed by atoms with Crippen LogP contribution in [0.4, 0.5) is 24.8 Å². The third-order valence-electron chi connectivity index (χ3n) is 4.31. The van der Waals surface area contributed by atoms with E-state index in [1.165, 1.54) is 35.2 Å². The fourth-order valence-electron chi connectivity index (χ4n) is 3.20. The summed E-state index contributed by atoms with van der Waals surface area (Å²) in [5.74, 6) is -3.75. The van der Waals surface area contributed by atoms with Crippen molar-refractivity contribution in [3.63, 3.8) is 0 Å².